The number of imidazole rings is 1. The van der Waals surface area contributed by atoms with Crippen LogP contribution in [-0.4, -0.2) is 14.1 Å². The fourth-order valence-corrected chi connectivity index (χ4v) is 5.87. The van der Waals surface area contributed by atoms with Gasteiger partial charge in [0.2, 0.25) is 5.95 Å². The van der Waals surface area contributed by atoms with E-state index >= 15 is 0 Å². The van der Waals surface area contributed by atoms with E-state index in [0.717, 1.165) is 23.4 Å². The number of allylic oxidation sites excluding steroid dienone is 1. The van der Waals surface area contributed by atoms with Gasteiger partial charge in [-0.1, -0.05) is 54.1 Å². The minimum Gasteiger partial charge on any atom is -0.313 e. The lowest BCUT2D eigenvalue weighted by Crippen LogP contribution is -2.03. The third-order valence-corrected chi connectivity index (χ3v) is 7.26. The molecule has 0 atom stereocenters. The van der Waals surface area contributed by atoms with Crippen molar-refractivity contribution >= 4 is 32.8 Å². The van der Waals surface area contributed by atoms with E-state index < -0.39 is 0 Å². The molecule has 0 radical (unpaired) electrons. The molecule has 2 heterocycles. The minimum absolute atomic E-state index is 0.880. The number of nitrogens with zero attached hydrogens (tertiary/aromatic N) is 3. The van der Waals surface area contributed by atoms with Crippen LogP contribution in [0.5, 0.6) is 0 Å². The molecular formula is C33H31N3. The maximum absolute atomic E-state index is 5.06. The standard InChI is InChI=1S/C33H31N3/c1-20(2)15-24-11-13-29-26(18-24)27-19-25(32-22(4)16-21(3)17-23(32)5)12-14-30(27)36(29)33-34-28-9-7-8-10-31(28)35(33)6/h7-14,16-19H,1,15H2,2-6H3. The van der Waals surface area contributed by atoms with Crippen LogP contribution in [0.2, 0.25) is 0 Å². The highest BCUT2D eigenvalue weighted by Gasteiger charge is 2.19. The summed E-state index contributed by atoms with van der Waals surface area (Å²) in [5.74, 6) is 0.930. The minimum atomic E-state index is 0.880. The van der Waals surface area contributed by atoms with Crippen LogP contribution in [0, 0.1) is 20.8 Å². The number of aryl methyl sites for hydroxylation is 4. The van der Waals surface area contributed by atoms with Crippen molar-refractivity contribution < 1.29 is 0 Å². The molecule has 2 aromatic heterocycles. The molecule has 0 bridgehead atoms. The summed E-state index contributed by atoms with van der Waals surface area (Å²) in [6.45, 7) is 12.8. The predicted octanol–water partition coefficient (Wildman–Crippen LogP) is 8.38. The monoisotopic (exact) mass is 469 g/mol. The molecule has 6 rings (SSSR count). The Hall–Kier alpha value is -4.11. The van der Waals surface area contributed by atoms with Gasteiger partial charge in [-0.3, -0.25) is 4.57 Å². The molecule has 0 unspecified atom stereocenters. The summed E-state index contributed by atoms with van der Waals surface area (Å²) in [5, 5.41) is 2.50. The Morgan fingerprint density at radius 1 is 0.806 bits per heavy atom. The Balaban J connectivity index is 1.69. The molecule has 0 aliphatic heterocycles. The summed E-state index contributed by atoms with van der Waals surface area (Å²) in [6.07, 6.45) is 0.880. The van der Waals surface area contributed by atoms with Crippen LogP contribution in [0.1, 0.15) is 29.2 Å². The number of hydrogen-bond donors (Lipinski definition) is 0. The Labute approximate surface area is 212 Å². The number of benzene rings is 4. The van der Waals surface area contributed by atoms with Crippen molar-refractivity contribution in [2.24, 2.45) is 7.05 Å². The molecule has 3 nitrogen and oxygen atoms in total. The van der Waals surface area contributed by atoms with Crippen molar-refractivity contribution in [3.63, 3.8) is 0 Å². The van der Waals surface area contributed by atoms with Gasteiger partial charge in [0.05, 0.1) is 22.1 Å². The molecule has 3 heteroatoms. The average Bonchev–Trinajstić information content (AvgIpc) is 3.32. The Bertz CT molecular complexity index is 1800. The van der Waals surface area contributed by atoms with Crippen LogP contribution < -0.4 is 0 Å². The number of rotatable bonds is 4. The van der Waals surface area contributed by atoms with Gasteiger partial charge in [0, 0.05) is 17.8 Å². The van der Waals surface area contributed by atoms with Gasteiger partial charge in [-0.2, -0.15) is 0 Å². The topological polar surface area (TPSA) is 22.8 Å². The predicted molar refractivity (Wildman–Crippen MR) is 153 cm³/mol. The zero-order valence-corrected chi connectivity index (χ0v) is 21.7. The maximum atomic E-state index is 5.06. The van der Waals surface area contributed by atoms with Gasteiger partial charge >= 0.3 is 0 Å². The zero-order chi connectivity index (χ0) is 25.1. The molecule has 0 amide bonds. The van der Waals surface area contributed by atoms with E-state index in [9.17, 15) is 0 Å². The highest BCUT2D eigenvalue weighted by atomic mass is 15.2. The van der Waals surface area contributed by atoms with E-state index in [1.54, 1.807) is 0 Å². The van der Waals surface area contributed by atoms with E-state index in [1.165, 1.54) is 60.8 Å². The first-order valence-electron chi connectivity index (χ1n) is 12.5. The number of para-hydroxylation sites is 2. The lowest BCUT2D eigenvalue weighted by atomic mass is 9.93. The van der Waals surface area contributed by atoms with Gasteiger partial charge in [-0.15, -0.1) is 0 Å². The van der Waals surface area contributed by atoms with Crippen LogP contribution in [0.25, 0.3) is 49.9 Å². The molecule has 0 aliphatic rings. The first kappa shape index (κ1) is 22.4. The van der Waals surface area contributed by atoms with Crippen LogP contribution in [0.15, 0.2) is 84.9 Å². The fourth-order valence-electron chi connectivity index (χ4n) is 5.87. The Morgan fingerprint density at radius 2 is 1.47 bits per heavy atom. The fraction of sp³-hybridized carbons (Fsp3) is 0.182. The van der Waals surface area contributed by atoms with Gasteiger partial charge in [0.15, 0.2) is 0 Å². The molecule has 178 valence electrons. The summed E-state index contributed by atoms with van der Waals surface area (Å²) in [6, 6.07) is 26.6. The quantitative estimate of drug-likeness (QED) is 0.238. The highest BCUT2D eigenvalue weighted by Crippen LogP contribution is 2.37. The second-order valence-corrected chi connectivity index (χ2v) is 10.3. The molecule has 0 fully saturated rings. The summed E-state index contributed by atoms with van der Waals surface area (Å²) in [4.78, 5) is 5.06. The Morgan fingerprint density at radius 3 is 2.17 bits per heavy atom. The van der Waals surface area contributed by atoms with Gasteiger partial charge in [0.25, 0.3) is 0 Å². The van der Waals surface area contributed by atoms with E-state index in [-0.39, 0.29) is 0 Å². The third-order valence-electron chi connectivity index (χ3n) is 7.26. The van der Waals surface area contributed by atoms with Crippen LogP contribution in [0.3, 0.4) is 0 Å². The van der Waals surface area contributed by atoms with Gasteiger partial charge < -0.3 is 4.57 Å². The van der Waals surface area contributed by atoms with Gasteiger partial charge in [0.1, 0.15) is 0 Å². The molecule has 0 spiro atoms. The van der Waals surface area contributed by atoms with E-state index in [0.29, 0.717) is 0 Å². The summed E-state index contributed by atoms with van der Waals surface area (Å²) >= 11 is 0. The van der Waals surface area contributed by atoms with Crippen molar-refractivity contribution in [2.45, 2.75) is 34.1 Å². The SMILES string of the molecule is C=C(C)Cc1ccc2c(c1)c1cc(-c3c(C)cc(C)cc3C)ccc1n2-c1nc2ccccc2n1C. The van der Waals surface area contributed by atoms with E-state index in [2.05, 4.69) is 117 Å². The zero-order valence-electron chi connectivity index (χ0n) is 21.7. The van der Waals surface area contributed by atoms with Crippen molar-refractivity contribution in [3.05, 3.63) is 107 Å². The molecular weight excluding hydrogens is 438 g/mol. The number of fused-ring (bicyclic) bond motifs is 4. The molecule has 0 aliphatic carbocycles. The van der Waals surface area contributed by atoms with Gasteiger partial charge in [-0.25, -0.2) is 4.98 Å². The second kappa shape index (κ2) is 8.23. The molecule has 6 aromatic rings. The van der Waals surface area contributed by atoms with E-state index in [4.69, 9.17) is 4.98 Å². The average molecular weight is 470 g/mol. The molecule has 36 heavy (non-hydrogen) atoms. The van der Waals surface area contributed by atoms with Crippen LogP contribution >= 0.6 is 0 Å². The summed E-state index contributed by atoms with van der Waals surface area (Å²) < 4.78 is 4.51. The van der Waals surface area contributed by atoms with Crippen LogP contribution in [-0.2, 0) is 13.5 Å². The smallest absolute Gasteiger partial charge is 0.215 e. The number of aromatic nitrogens is 3. The normalized spacial score (nSPS) is 11.7. The first-order chi connectivity index (χ1) is 17.3. The van der Waals surface area contributed by atoms with Crippen molar-refractivity contribution in [3.8, 4) is 17.1 Å². The lowest BCUT2D eigenvalue weighted by molar-refractivity contribution is 0.869. The largest absolute Gasteiger partial charge is 0.313 e. The van der Waals surface area contributed by atoms with Crippen molar-refractivity contribution in [1.29, 1.82) is 0 Å². The van der Waals surface area contributed by atoms with Crippen molar-refractivity contribution in [1.82, 2.24) is 14.1 Å². The third kappa shape index (κ3) is 3.46. The number of hydrogen-bond acceptors (Lipinski definition) is 1. The molecule has 0 saturated heterocycles. The molecule has 4 aromatic carbocycles. The van der Waals surface area contributed by atoms with Crippen LogP contribution in [0.4, 0.5) is 0 Å². The molecule has 0 saturated carbocycles. The Kier molecular flexibility index (Phi) is 5.11. The summed E-state index contributed by atoms with van der Waals surface area (Å²) in [7, 11) is 2.10. The molecule has 0 N–H and O–H groups in total. The van der Waals surface area contributed by atoms with E-state index in [1.807, 2.05) is 6.07 Å². The maximum Gasteiger partial charge on any atom is 0.215 e. The summed E-state index contributed by atoms with van der Waals surface area (Å²) in [5.41, 5.74) is 13.4. The van der Waals surface area contributed by atoms with Gasteiger partial charge in [-0.05, 0) is 98.3 Å². The second-order valence-electron chi connectivity index (χ2n) is 10.3. The highest BCUT2D eigenvalue weighted by molar-refractivity contribution is 6.10. The lowest BCUT2D eigenvalue weighted by Gasteiger charge is -2.12. The first-order valence-corrected chi connectivity index (χ1v) is 12.5. The van der Waals surface area contributed by atoms with Crippen molar-refractivity contribution in [2.75, 3.05) is 0 Å².